The van der Waals surface area contributed by atoms with Crippen LogP contribution in [0.15, 0.2) is 18.2 Å². The third-order valence-electron chi connectivity index (χ3n) is 4.30. The average molecular weight is 300 g/mol. The van der Waals surface area contributed by atoms with E-state index in [0.717, 1.165) is 12.8 Å². The van der Waals surface area contributed by atoms with Crippen molar-refractivity contribution in [3.05, 3.63) is 34.6 Å². The number of ether oxygens (including phenoxy) is 1. The third-order valence-corrected chi connectivity index (χ3v) is 4.54. The Morgan fingerprint density at radius 2 is 2.10 bits per heavy atom. The van der Waals surface area contributed by atoms with E-state index in [2.05, 4.69) is 5.32 Å². The lowest BCUT2D eigenvalue weighted by Crippen LogP contribution is -2.51. The van der Waals surface area contributed by atoms with Crippen molar-refractivity contribution in [2.75, 3.05) is 13.7 Å². The van der Waals surface area contributed by atoms with E-state index in [9.17, 15) is 4.39 Å². The van der Waals surface area contributed by atoms with Crippen molar-refractivity contribution < 1.29 is 9.13 Å². The van der Waals surface area contributed by atoms with Gasteiger partial charge in [-0.05, 0) is 50.9 Å². The quantitative estimate of drug-likeness (QED) is 0.858. The highest BCUT2D eigenvalue weighted by atomic mass is 35.5. The van der Waals surface area contributed by atoms with Crippen molar-refractivity contribution in [1.29, 1.82) is 0 Å². The van der Waals surface area contributed by atoms with Crippen molar-refractivity contribution >= 4 is 11.6 Å². The fraction of sp³-hybridized carbons (Fsp3) is 0.625. The first kappa shape index (κ1) is 15.7. The van der Waals surface area contributed by atoms with Gasteiger partial charge in [-0.2, -0.15) is 0 Å². The molecular formula is C16H23ClFNO. The lowest BCUT2D eigenvalue weighted by atomic mass is 9.87. The minimum atomic E-state index is -0.234. The number of halogens is 2. The van der Waals surface area contributed by atoms with Crippen LogP contribution in [-0.2, 0) is 11.2 Å². The van der Waals surface area contributed by atoms with Gasteiger partial charge in [0.15, 0.2) is 0 Å². The molecule has 0 saturated heterocycles. The maximum Gasteiger partial charge on any atom is 0.127 e. The van der Waals surface area contributed by atoms with Crippen LogP contribution < -0.4 is 5.32 Å². The van der Waals surface area contributed by atoms with Gasteiger partial charge in [-0.15, -0.1) is 0 Å². The molecule has 20 heavy (non-hydrogen) atoms. The number of benzene rings is 1. The predicted molar refractivity (Wildman–Crippen MR) is 80.8 cm³/mol. The summed E-state index contributed by atoms with van der Waals surface area (Å²) in [4.78, 5) is 0. The van der Waals surface area contributed by atoms with Gasteiger partial charge >= 0.3 is 0 Å². The number of hydrogen-bond donors (Lipinski definition) is 1. The van der Waals surface area contributed by atoms with E-state index in [4.69, 9.17) is 16.3 Å². The van der Waals surface area contributed by atoms with E-state index in [1.807, 2.05) is 14.0 Å². The molecule has 112 valence electrons. The number of rotatable bonds is 6. The van der Waals surface area contributed by atoms with Crippen molar-refractivity contribution in [2.45, 2.75) is 50.7 Å². The second-order valence-corrected chi connectivity index (χ2v) is 5.92. The zero-order valence-electron chi connectivity index (χ0n) is 12.2. The van der Waals surface area contributed by atoms with Gasteiger partial charge in [0, 0.05) is 17.7 Å². The summed E-state index contributed by atoms with van der Waals surface area (Å²) in [5.41, 5.74) is 0.537. The zero-order valence-corrected chi connectivity index (χ0v) is 13.0. The van der Waals surface area contributed by atoms with Crippen LogP contribution in [0.3, 0.4) is 0 Å². The van der Waals surface area contributed by atoms with E-state index in [0.29, 0.717) is 23.6 Å². The lowest BCUT2D eigenvalue weighted by Gasteiger charge is -2.37. The first-order valence-electron chi connectivity index (χ1n) is 7.36. The van der Waals surface area contributed by atoms with Crippen LogP contribution in [-0.4, -0.2) is 25.3 Å². The monoisotopic (exact) mass is 299 g/mol. The Morgan fingerprint density at radius 3 is 2.65 bits per heavy atom. The molecule has 0 bridgehead atoms. The summed E-state index contributed by atoms with van der Waals surface area (Å²) in [6.07, 6.45) is 5.07. The summed E-state index contributed by atoms with van der Waals surface area (Å²) >= 11 is 5.81. The van der Waals surface area contributed by atoms with Crippen LogP contribution in [0.2, 0.25) is 5.02 Å². The minimum absolute atomic E-state index is 0.126. The molecule has 1 atom stereocenters. The first-order valence-corrected chi connectivity index (χ1v) is 7.74. The van der Waals surface area contributed by atoms with Gasteiger partial charge in [-0.3, -0.25) is 0 Å². The topological polar surface area (TPSA) is 21.3 Å². The van der Waals surface area contributed by atoms with E-state index >= 15 is 0 Å². The molecule has 1 aliphatic carbocycles. The second kappa shape index (κ2) is 6.88. The molecule has 1 N–H and O–H groups in total. The third kappa shape index (κ3) is 3.33. The normalized spacial score (nSPS) is 19.2. The van der Waals surface area contributed by atoms with Crippen molar-refractivity contribution in [3.63, 3.8) is 0 Å². The number of likely N-dealkylation sites (N-methyl/N-ethyl adjacent to an activating group) is 1. The smallest absolute Gasteiger partial charge is 0.127 e. The maximum atomic E-state index is 14.0. The van der Waals surface area contributed by atoms with Gasteiger partial charge in [-0.25, -0.2) is 4.39 Å². The fourth-order valence-electron chi connectivity index (χ4n) is 3.31. The average Bonchev–Trinajstić information content (AvgIpc) is 2.88. The Kier molecular flexibility index (Phi) is 5.42. The highest BCUT2D eigenvalue weighted by molar-refractivity contribution is 6.30. The molecule has 0 aromatic heterocycles. The van der Waals surface area contributed by atoms with Crippen LogP contribution in [0.1, 0.15) is 38.2 Å². The molecular weight excluding hydrogens is 277 g/mol. The van der Waals surface area contributed by atoms with Crippen molar-refractivity contribution in [3.8, 4) is 0 Å². The van der Waals surface area contributed by atoms with E-state index in [-0.39, 0.29) is 17.5 Å². The standard InChI is InChI=1S/C16H23ClFNO/c1-3-20-16(8-4-5-9-16)15(19-2)10-12-6-7-13(17)11-14(12)18/h6-7,11,15,19H,3-5,8-10H2,1-2H3. The summed E-state index contributed by atoms with van der Waals surface area (Å²) in [6, 6.07) is 5.03. The Hall–Kier alpha value is -0.640. The van der Waals surface area contributed by atoms with E-state index in [1.54, 1.807) is 12.1 Å². The molecule has 1 saturated carbocycles. The molecule has 1 aromatic carbocycles. The summed E-state index contributed by atoms with van der Waals surface area (Å²) in [6.45, 7) is 2.72. The van der Waals surface area contributed by atoms with E-state index in [1.165, 1.54) is 18.9 Å². The maximum absolute atomic E-state index is 14.0. The number of hydrogen-bond acceptors (Lipinski definition) is 2. The molecule has 1 aliphatic rings. The highest BCUT2D eigenvalue weighted by Crippen LogP contribution is 2.37. The molecule has 0 radical (unpaired) electrons. The van der Waals surface area contributed by atoms with Crippen molar-refractivity contribution in [2.24, 2.45) is 0 Å². The molecule has 1 fully saturated rings. The fourth-order valence-corrected chi connectivity index (χ4v) is 3.47. The van der Waals surface area contributed by atoms with Gasteiger partial charge in [0.25, 0.3) is 0 Å². The second-order valence-electron chi connectivity index (χ2n) is 5.49. The highest BCUT2D eigenvalue weighted by Gasteiger charge is 2.41. The Bertz CT molecular complexity index is 446. The molecule has 0 spiro atoms. The van der Waals surface area contributed by atoms with Crippen LogP contribution in [0, 0.1) is 5.82 Å². The molecule has 1 unspecified atom stereocenters. The number of nitrogens with one attached hydrogen (secondary N) is 1. The van der Waals surface area contributed by atoms with Crippen LogP contribution >= 0.6 is 11.6 Å². The summed E-state index contributed by atoms with van der Waals surface area (Å²) in [7, 11) is 1.93. The van der Waals surface area contributed by atoms with Gasteiger partial charge in [0.1, 0.15) is 5.82 Å². The van der Waals surface area contributed by atoms with Crippen LogP contribution in [0.4, 0.5) is 4.39 Å². The van der Waals surface area contributed by atoms with Crippen LogP contribution in [0.5, 0.6) is 0 Å². The summed E-state index contributed by atoms with van der Waals surface area (Å²) in [5, 5.41) is 3.77. The lowest BCUT2D eigenvalue weighted by molar-refractivity contribution is -0.0598. The summed E-state index contributed by atoms with van der Waals surface area (Å²) < 4.78 is 20.1. The minimum Gasteiger partial charge on any atom is -0.374 e. The molecule has 0 amide bonds. The predicted octanol–water partition coefficient (Wildman–Crippen LogP) is 3.96. The molecule has 0 heterocycles. The molecule has 4 heteroatoms. The SMILES string of the molecule is CCOC1(C(Cc2ccc(Cl)cc2F)NC)CCCC1. The van der Waals surface area contributed by atoms with E-state index < -0.39 is 0 Å². The molecule has 1 aromatic rings. The zero-order chi connectivity index (χ0) is 14.6. The Morgan fingerprint density at radius 1 is 1.40 bits per heavy atom. The molecule has 2 nitrogen and oxygen atoms in total. The Balaban J connectivity index is 2.18. The molecule has 2 rings (SSSR count). The molecule has 0 aliphatic heterocycles. The van der Waals surface area contributed by atoms with Gasteiger partial charge in [0.2, 0.25) is 0 Å². The van der Waals surface area contributed by atoms with Gasteiger partial charge in [0.05, 0.1) is 5.60 Å². The first-order chi connectivity index (χ1) is 9.61. The largest absolute Gasteiger partial charge is 0.374 e. The van der Waals surface area contributed by atoms with Gasteiger partial charge < -0.3 is 10.1 Å². The van der Waals surface area contributed by atoms with Gasteiger partial charge in [-0.1, -0.05) is 30.5 Å². The Labute approximate surface area is 125 Å². The summed E-state index contributed by atoms with van der Waals surface area (Å²) in [5.74, 6) is -0.234. The van der Waals surface area contributed by atoms with Crippen molar-refractivity contribution in [1.82, 2.24) is 5.32 Å². The van der Waals surface area contributed by atoms with Crippen LogP contribution in [0.25, 0.3) is 0 Å².